The molecule has 4 rings (SSSR count). The molecular weight excluding hydrogens is 314 g/mol. The number of fused-ring (bicyclic) bond motifs is 1. The highest BCUT2D eigenvalue weighted by molar-refractivity contribution is 5.91. The summed E-state index contributed by atoms with van der Waals surface area (Å²) in [5.41, 5.74) is 0.752. The van der Waals surface area contributed by atoms with Gasteiger partial charge in [0, 0.05) is 31.6 Å². The van der Waals surface area contributed by atoms with Gasteiger partial charge in [-0.05, 0) is 61.5 Å². The molecule has 134 valence electrons. The van der Waals surface area contributed by atoms with E-state index in [0.29, 0.717) is 30.1 Å². The molecule has 3 atom stereocenters. The second-order valence-electron chi connectivity index (χ2n) is 8.19. The van der Waals surface area contributed by atoms with E-state index in [1.807, 2.05) is 12.1 Å². The van der Waals surface area contributed by atoms with Gasteiger partial charge in [0.1, 0.15) is 0 Å². The molecule has 0 spiro atoms. The smallest absolute Gasteiger partial charge is 0.225 e. The number of aromatic nitrogens is 1. The molecule has 3 fully saturated rings. The number of piperidine rings is 1. The molecular formula is C20H27N3O2. The van der Waals surface area contributed by atoms with E-state index in [9.17, 15) is 9.59 Å². The number of amides is 2. The van der Waals surface area contributed by atoms with Crippen molar-refractivity contribution in [3.8, 4) is 0 Å². The molecule has 1 aromatic rings. The minimum absolute atomic E-state index is 0.0616. The molecule has 3 aliphatic rings. The van der Waals surface area contributed by atoms with Crippen LogP contribution in [0.25, 0.3) is 0 Å². The molecule has 0 aromatic carbocycles. The first kappa shape index (κ1) is 16.6. The molecule has 2 amide bonds. The lowest BCUT2D eigenvalue weighted by Crippen LogP contribution is -2.38. The fourth-order valence-corrected chi connectivity index (χ4v) is 4.76. The second kappa shape index (κ2) is 6.77. The Morgan fingerprint density at radius 3 is 2.56 bits per heavy atom. The zero-order valence-corrected chi connectivity index (χ0v) is 14.9. The maximum Gasteiger partial charge on any atom is 0.225 e. The maximum atomic E-state index is 12.7. The van der Waals surface area contributed by atoms with Crippen LogP contribution in [0.5, 0.6) is 0 Å². The number of nitrogens with zero attached hydrogens (tertiary/aromatic N) is 2. The van der Waals surface area contributed by atoms with Crippen LogP contribution in [0.4, 0.5) is 5.69 Å². The van der Waals surface area contributed by atoms with Crippen molar-refractivity contribution >= 4 is 17.5 Å². The van der Waals surface area contributed by atoms with Crippen LogP contribution in [0.15, 0.2) is 24.5 Å². The molecule has 1 aromatic heterocycles. The molecule has 1 saturated heterocycles. The summed E-state index contributed by atoms with van der Waals surface area (Å²) < 4.78 is 0. The third-order valence-corrected chi connectivity index (χ3v) is 6.41. The number of nitrogens with one attached hydrogen (secondary N) is 1. The van der Waals surface area contributed by atoms with Crippen LogP contribution in [0.2, 0.25) is 0 Å². The number of pyridine rings is 1. The lowest BCUT2D eigenvalue weighted by Gasteiger charge is -2.30. The summed E-state index contributed by atoms with van der Waals surface area (Å²) in [7, 11) is 0. The van der Waals surface area contributed by atoms with Crippen molar-refractivity contribution in [1.82, 2.24) is 9.88 Å². The monoisotopic (exact) mass is 341 g/mol. The average molecular weight is 341 g/mol. The zero-order valence-electron chi connectivity index (χ0n) is 14.9. The number of likely N-dealkylation sites (tertiary alicyclic amines) is 1. The zero-order chi connectivity index (χ0) is 17.4. The highest BCUT2D eigenvalue weighted by Crippen LogP contribution is 2.54. The molecule has 5 heteroatoms. The van der Waals surface area contributed by atoms with Crippen LogP contribution in [-0.2, 0) is 9.59 Å². The van der Waals surface area contributed by atoms with Gasteiger partial charge >= 0.3 is 0 Å². The van der Waals surface area contributed by atoms with E-state index in [1.54, 1.807) is 12.4 Å². The van der Waals surface area contributed by atoms with E-state index in [1.165, 1.54) is 12.8 Å². The van der Waals surface area contributed by atoms with Gasteiger partial charge in [-0.2, -0.15) is 0 Å². The summed E-state index contributed by atoms with van der Waals surface area (Å²) in [6.45, 7) is 4.01. The Kier molecular flexibility index (Phi) is 4.48. The van der Waals surface area contributed by atoms with E-state index in [4.69, 9.17) is 0 Å². The van der Waals surface area contributed by atoms with Gasteiger partial charge in [-0.25, -0.2) is 0 Å². The van der Waals surface area contributed by atoms with Gasteiger partial charge in [0.2, 0.25) is 11.8 Å². The first-order valence-corrected chi connectivity index (χ1v) is 9.60. The quantitative estimate of drug-likeness (QED) is 0.916. The Hall–Kier alpha value is -1.91. The Morgan fingerprint density at radius 2 is 1.92 bits per heavy atom. The molecule has 2 saturated carbocycles. The fraction of sp³-hybridized carbons (Fsp3) is 0.650. The van der Waals surface area contributed by atoms with E-state index < -0.39 is 0 Å². The second-order valence-corrected chi connectivity index (χ2v) is 8.19. The van der Waals surface area contributed by atoms with Crippen LogP contribution in [0, 0.1) is 29.6 Å². The minimum Gasteiger partial charge on any atom is -0.342 e. The topological polar surface area (TPSA) is 62.3 Å². The summed E-state index contributed by atoms with van der Waals surface area (Å²) >= 11 is 0. The van der Waals surface area contributed by atoms with Gasteiger partial charge in [0.25, 0.3) is 0 Å². The minimum atomic E-state index is 0.0616. The fourth-order valence-electron chi connectivity index (χ4n) is 4.76. The number of anilines is 1. The van der Waals surface area contributed by atoms with Crippen LogP contribution >= 0.6 is 0 Å². The van der Waals surface area contributed by atoms with Crippen molar-refractivity contribution in [2.45, 2.75) is 39.0 Å². The Bertz CT molecular complexity index is 628. The summed E-state index contributed by atoms with van der Waals surface area (Å²) in [6.07, 6.45) is 8.41. The molecule has 5 nitrogen and oxygen atoms in total. The molecule has 1 unspecified atom stereocenters. The van der Waals surface area contributed by atoms with Gasteiger partial charge in [-0.1, -0.05) is 6.92 Å². The number of hydrogen-bond donors (Lipinski definition) is 1. The predicted molar refractivity (Wildman–Crippen MR) is 95.7 cm³/mol. The maximum absolute atomic E-state index is 12.7. The summed E-state index contributed by atoms with van der Waals surface area (Å²) in [5, 5.41) is 2.91. The van der Waals surface area contributed by atoms with Crippen molar-refractivity contribution in [3.63, 3.8) is 0 Å². The van der Waals surface area contributed by atoms with Gasteiger partial charge in [0.05, 0.1) is 11.9 Å². The molecule has 25 heavy (non-hydrogen) atoms. The highest BCUT2D eigenvalue weighted by Gasteiger charge is 2.57. The molecule has 2 heterocycles. The summed E-state index contributed by atoms with van der Waals surface area (Å²) in [4.78, 5) is 30.9. The van der Waals surface area contributed by atoms with Gasteiger partial charge in [0.15, 0.2) is 0 Å². The van der Waals surface area contributed by atoms with E-state index in [-0.39, 0.29) is 11.8 Å². The Balaban J connectivity index is 1.22. The van der Waals surface area contributed by atoms with Crippen molar-refractivity contribution < 1.29 is 9.59 Å². The molecule has 2 aliphatic carbocycles. The predicted octanol–water partition coefficient (Wildman–Crippen LogP) is 2.94. The highest BCUT2D eigenvalue weighted by atomic mass is 16.2. The normalized spacial score (nSPS) is 33.6. The standard InChI is InChI=1S/C20H27N3O2/c1-13-4-6-14(7-5-13)20(25)23-11-17-16(18(17)12-23)9-19(24)22-15-3-2-8-21-10-15/h2-3,8,10,13-14,16-18H,4-7,9,11-12H2,1H3,(H,22,24)/t13?,14?,16?,17-,18+. The first-order valence-electron chi connectivity index (χ1n) is 9.60. The SMILES string of the molecule is CC1CCC(C(=O)N2C[C@@H]3C(CC(=O)Nc4cccnc4)[C@@H]3C2)CC1. The van der Waals surface area contributed by atoms with Crippen molar-refractivity contribution in [2.24, 2.45) is 29.6 Å². The number of carbonyl (C=O) groups excluding carboxylic acids is 2. The average Bonchev–Trinajstić information content (AvgIpc) is 3.05. The number of rotatable bonds is 4. The van der Waals surface area contributed by atoms with E-state index in [2.05, 4.69) is 22.1 Å². The third kappa shape index (κ3) is 3.55. The van der Waals surface area contributed by atoms with Crippen LogP contribution in [0.3, 0.4) is 0 Å². The van der Waals surface area contributed by atoms with Crippen molar-refractivity contribution in [2.75, 3.05) is 18.4 Å². The van der Waals surface area contributed by atoms with E-state index >= 15 is 0 Å². The van der Waals surface area contributed by atoms with Crippen LogP contribution < -0.4 is 5.32 Å². The van der Waals surface area contributed by atoms with E-state index in [0.717, 1.165) is 37.5 Å². The van der Waals surface area contributed by atoms with Crippen molar-refractivity contribution in [3.05, 3.63) is 24.5 Å². The van der Waals surface area contributed by atoms with Gasteiger partial charge < -0.3 is 10.2 Å². The molecule has 0 bridgehead atoms. The van der Waals surface area contributed by atoms with Crippen LogP contribution in [0.1, 0.15) is 39.0 Å². The Morgan fingerprint density at radius 1 is 1.20 bits per heavy atom. The number of carbonyl (C=O) groups is 2. The van der Waals surface area contributed by atoms with Gasteiger partial charge in [-0.15, -0.1) is 0 Å². The first-order chi connectivity index (χ1) is 12.1. The summed E-state index contributed by atoms with van der Waals surface area (Å²) in [6, 6.07) is 3.67. The molecule has 0 radical (unpaired) electrons. The van der Waals surface area contributed by atoms with Crippen LogP contribution in [-0.4, -0.2) is 34.8 Å². The van der Waals surface area contributed by atoms with Crippen molar-refractivity contribution in [1.29, 1.82) is 0 Å². The van der Waals surface area contributed by atoms with Gasteiger partial charge in [-0.3, -0.25) is 14.6 Å². The summed E-state index contributed by atoms with van der Waals surface area (Å²) in [5.74, 6) is 2.98. The Labute approximate surface area is 149 Å². The molecule has 1 N–H and O–H groups in total. The molecule has 1 aliphatic heterocycles. The lowest BCUT2D eigenvalue weighted by atomic mass is 9.82. The largest absolute Gasteiger partial charge is 0.342 e. The third-order valence-electron chi connectivity index (χ3n) is 6.41. The lowest BCUT2D eigenvalue weighted by molar-refractivity contribution is -0.136. The number of hydrogen-bond acceptors (Lipinski definition) is 3.